The molecule has 6 heteroatoms. The highest BCUT2D eigenvalue weighted by Gasteiger charge is 2.16. The van der Waals surface area contributed by atoms with Gasteiger partial charge >= 0.3 is 0 Å². The van der Waals surface area contributed by atoms with E-state index in [1.165, 1.54) is 11.8 Å². The number of nitrogens with zero attached hydrogens (tertiary/aromatic N) is 1. The van der Waals surface area contributed by atoms with Crippen LogP contribution < -0.4 is 15.0 Å². The topological polar surface area (TPSA) is 74.4 Å². The van der Waals surface area contributed by atoms with Crippen molar-refractivity contribution in [2.24, 2.45) is 0 Å². The van der Waals surface area contributed by atoms with Crippen LogP contribution >= 0.6 is 0 Å². The Morgan fingerprint density at radius 3 is 2.74 bits per heavy atom. The minimum absolute atomic E-state index is 0.0314. The Kier molecular flexibility index (Phi) is 5.76. The van der Waals surface area contributed by atoms with Gasteiger partial charge in [-0.15, -0.1) is 0 Å². The highest BCUT2D eigenvalue weighted by Crippen LogP contribution is 2.21. The van der Waals surface area contributed by atoms with Crippen LogP contribution in [0, 0.1) is 0 Å². The van der Waals surface area contributed by atoms with Crippen LogP contribution in [0.5, 0.6) is 5.75 Å². The van der Waals surface area contributed by atoms with E-state index < -0.39 is 0 Å². The number of H-pyrrole nitrogens is 1. The first-order valence-electron chi connectivity index (χ1n) is 8.82. The molecular formula is C21H23N3O3. The molecule has 0 saturated heterocycles. The van der Waals surface area contributed by atoms with Gasteiger partial charge in [0.1, 0.15) is 12.3 Å². The molecule has 0 atom stereocenters. The van der Waals surface area contributed by atoms with Gasteiger partial charge in [-0.25, -0.2) is 0 Å². The van der Waals surface area contributed by atoms with E-state index in [0.29, 0.717) is 18.0 Å². The molecule has 140 valence electrons. The summed E-state index contributed by atoms with van der Waals surface area (Å²) in [5.41, 5.74) is 2.87. The maximum absolute atomic E-state index is 12.3. The molecule has 6 nitrogen and oxygen atoms in total. The van der Waals surface area contributed by atoms with E-state index in [1.54, 1.807) is 31.4 Å². The maximum Gasteiger partial charge on any atom is 0.240 e. The lowest BCUT2D eigenvalue weighted by atomic mass is 10.1. The zero-order chi connectivity index (χ0) is 19.2. The van der Waals surface area contributed by atoms with Crippen molar-refractivity contribution >= 4 is 28.4 Å². The Labute approximate surface area is 158 Å². The minimum Gasteiger partial charge on any atom is -0.497 e. The molecule has 2 amide bonds. The summed E-state index contributed by atoms with van der Waals surface area (Å²) in [4.78, 5) is 29.0. The maximum atomic E-state index is 12.3. The van der Waals surface area contributed by atoms with Gasteiger partial charge in [0, 0.05) is 42.3 Å². The SMILES string of the molecule is COc1cccc(N(CC(=O)NCCc2c[nH]c3ccccc23)C(C)=O)c1. The molecule has 2 N–H and O–H groups in total. The number of hydrogen-bond donors (Lipinski definition) is 2. The van der Waals surface area contributed by atoms with E-state index in [2.05, 4.69) is 16.4 Å². The van der Waals surface area contributed by atoms with Gasteiger partial charge in [-0.1, -0.05) is 24.3 Å². The average Bonchev–Trinajstić information content (AvgIpc) is 3.09. The number of aromatic amines is 1. The summed E-state index contributed by atoms with van der Waals surface area (Å²) >= 11 is 0. The second-order valence-corrected chi connectivity index (χ2v) is 6.27. The number of amides is 2. The number of carbonyl (C=O) groups excluding carboxylic acids is 2. The Balaban J connectivity index is 1.59. The normalized spacial score (nSPS) is 10.6. The molecule has 0 bridgehead atoms. The molecular weight excluding hydrogens is 342 g/mol. The fourth-order valence-corrected chi connectivity index (χ4v) is 3.04. The fourth-order valence-electron chi connectivity index (χ4n) is 3.04. The van der Waals surface area contributed by atoms with Crippen molar-refractivity contribution in [1.29, 1.82) is 0 Å². The summed E-state index contributed by atoms with van der Waals surface area (Å²) in [6.45, 7) is 1.92. The second-order valence-electron chi connectivity index (χ2n) is 6.27. The molecule has 0 saturated carbocycles. The highest BCUT2D eigenvalue weighted by atomic mass is 16.5. The highest BCUT2D eigenvalue weighted by molar-refractivity contribution is 5.97. The molecule has 27 heavy (non-hydrogen) atoms. The molecule has 1 heterocycles. The van der Waals surface area contributed by atoms with Gasteiger partial charge in [0.15, 0.2) is 0 Å². The molecule has 3 rings (SSSR count). The van der Waals surface area contributed by atoms with Crippen LogP contribution in [0.2, 0.25) is 0 Å². The van der Waals surface area contributed by atoms with Gasteiger partial charge in [0.25, 0.3) is 0 Å². The van der Waals surface area contributed by atoms with Crippen molar-refractivity contribution in [1.82, 2.24) is 10.3 Å². The van der Waals surface area contributed by atoms with Crippen molar-refractivity contribution in [2.75, 3.05) is 25.1 Å². The number of benzene rings is 2. The number of carbonyl (C=O) groups is 2. The number of methoxy groups -OCH3 is 1. The van der Waals surface area contributed by atoms with Crippen LogP contribution in [-0.4, -0.2) is 37.0 Å². The summed E-state index contributed by atoms with van der Waals surface area (Å²) in [6, 6.07) is 15.2. The molecule has 0 aliphatic heterocycles. The van der Waals surface area contributed by atoms with E-state index in [0.717, 1.165) is 22.9 Å². The first-order chi connectivity index (χ1) is 13.1. The Bertz CT molecular complexity index is 949. The van der Waals surface area contributed by atoms with Crippen molar-refractivity contribution < 1.29 is 14.3 Å². The summed E-state index contributed by atoms with van der Waals surface area (Å²) in [5, 5.41) is 4.05. The quantitative estimate of drug-likeness (QED) is 0.676. The van der Waals surface area contributed by atoms with Gasteiger partial charge in [-0.2, -0.15) is 0 Å². The lowest BCUT2D eigenvalue weighted by molar-refractivity contribution is -0.123. The Hall–Kier alpha value is -3.28. The monoisotopic (exact) mass is 365 g/mol. The predicted octanol–water partition coefficient (Wildman–Crippen LogP) is 2.89. The average molecular weight is 365 g/mol. The van der Waals surface area contributed by atoms with Crippen LogP contribution in [0.3, 0.4) is 0 Å². The molecule has 2 aromatic carbocycles. The largest absolute Gasteiger partial charge is 0.497 e. The molecule has 0 aliphatic carbocycles. The van der Waals surface area contributed by atoms with Crippen LogP contribution in [0.4, 0.5) is 5.69 Å². The first kappa shape index (κ1) is 18.5. The number of para-hydroxylation sites is 1. The number of nitrogens with one attached hydrogen (secondary N) is 2. The zero-order valence-electron chi connectivity index (χ0n) is 15.5. The van der Waals surface area contributed by atoms with Crippen molar-refractivity contribution in [3.05, 3.63) is 60.3 Å². The summed E-state index contributed by atoms with van der Waals surface area (Å²) in [7, 11) is 1.56. The third kappa shape index (κ3) is 4.47. The first-order valence-corrected chi connectivity index (χ1v) is 8.82. The zero-order valence-corrected chi connectivity index (χ0v) is 15.5. The number of rotatable bonds is 7. The van der Waals surface area contributed by atoms with Crippen molar-refractivity contribution in [3.8, 4) is 5.75 Å². The van der Waals surface area contributed by atoms with E-state index in [4.69, 9.17) is 4.74 Å². The van der Waals surface area contributed by atoms with Crippen LogP contribution in [-0.2, 0) is 16.0 Å². The predicted molar refractivity (Wildman–Crippen MR) is 106 cm³/mol. The number of anilines is 1. The van der Waals surface area contributed by atoms with E-state index in [-0.39, 0.29) is 18.4 Å². The van der Waals surface area contributed by atoms with Gasteiger partial charge in [-0.3, -0.25) is 9.59 Å². The molecule has 0 aliphatic rings. The van der Waals surface area contributed by atoms with E-state index in [1.807, 2.05) is 24.4 Å². The fraction of sp³-hybridized carbons (Fsp3) is 0.238. The minimum atomic E-state index is -0.201. The van der Waals surface area contributed by atoms with E-state index in [9.17, 15) is 9.59 Å². The number of aromatic nitrogens is 1. The van der Waals surface area contributed by atoms with Gasteiger partial charge in [0.2, 0.25) is 11.8 Å². The number of fused-ring (bicyclic) bond motifs is 1. The summed E-state index contributed by atoms with van der Waals surface area (Å²) in [6.07, 6.45) is 2.68. The third-order valence-electron chi connectivity index (χ3n) is 4.44. The Morgan fingerprint density at radius 1 is 1.15 bits per heavy atom. The molecule has 0 unspecified atom stereocenters. The summed E-state index contributed by atoms with van der Waals surface area (Å²) in [5.74, 6) is 0.237. The molecule has 1 aromatic heterocycles. The molecule has 0 spiro atoms. The molecule has 3 aromatic rings. The van der Waals surface area contributed by atoms with Crippen LogP contribution in [0.25, 0.3) is 10.9 Å². The smallest absolute Gasteiger partial charge is 0.240 e. The van der Waals surface area contributed by atoms with Crippen molar-refractivity contribution in [2.45, 2.75) is 13.3 Å². The summed E-state index contributed by atoms with van der Waals surface area (Å²) < 4.78 is 5.19. The molecule has 0 fully saturated rings. The second kappa shape index (κ2) is 8.40. The Morgan fingerprint density at radius 2 is 1.96 bits per heavy atom. The molecule has 0 radical (unpaired) electrons. The van der Waals surface area contributed by atoms with Gasteiger partial charge in [0.05, 0.1) is 7.11 Å². The lowest BCUT2D eigenvalue weighted by Gasteiger charge is -2.21. The van der Waals surface area contributed by atoms with Crippen molar-refractivity contribution in [3.63, 3.8) is 0 Å². The lowest BCUT2D eigenvalue weighted by Crippen LogP contribution is -2.40. The number of hydrogen-bond acceptors (Lipinski definition) is 3. The van der Waals surface area contributed by atoms with E-state index >= 15 is 0 Å². The standard InChI is InChI=1S/C21H23N3O3/c1-15(25)24(17-6-5-7-18(12-17)27-2)14-21(26)22-11-10-16-13-23-20-9-4-3-8-19(16)20/h3-9,12-13,23H,10-11,14H2,1-2H3,(H,22,26). The number of ether oxygens (including phenoxy) is 1. The van der Waals surface area contributed by atoms with Crippen LogP contribution in [0.15, 0.2) is 54.7 Å². The van der Waals surface area contributed by atoms with Gasteiger partial charge < -0.3 is 19.9 Å². The third-order valence-corrected chi connectivity index (χ3v) is 4.44. The van der Waals surface area contributed by atoms with Gasteiger partial charge in [-0.05, 0) is 30.2 Å². The van der Waals surface area contributed by atoms with Crippen LogP contribution in [0.1, 0.15) is 12.5 Å².